The number of oxime groups is 1. The predicted molar refractivity (Wildman–Crippen MR) is 143 cm³/mol. The van der Waals surface area contributed by atoms with Gasteiger partial charge in [0.1, 0.15) is 24.5 Å². The molecule has 11 nitrogen and oxygen atoms in total. The standard InChI is InChI=1S/C25H22N6O5S2/c1-36-29-19(16-12-38-25(26)27-16)22(32)28-20-17-13-37-18(21(24(34)35)31(17)23(20)33)7-4-9-30-10-8-14-5-2-3-6-15(14)11-30/h2-8,10-12,17,20H,9,13H2,1H3,(H3-,26,27,28,32,34,35)/p+1. The van der Waals surface area contributed by atoms with Crippen molar-refractivity contribution in [2.45, 2.75) is 18.6 Å². The minimum Gasteiger partial charge on any atom is -0.477 e. The minimum absolute atomic E-state index is 0.0976. The molecule has 3 aromatic rings. The number of β-lactam (4-membered cyclic amide) rings is 1. The van der Waals surface area contributed by atoms with Crippen LogP contribution in [-0.4, -0.2) is 63.4 Å². The van der Waals surface area contributed by atoms with E-state index < -0.39 is 29.9 Å². The lowest BCUT2D eigenvalue weighted by Crippen LogP contribution is -2.73. The summed E-state index contributed by atoms with van der Waals surface area (Å²) in [5.74, 6) is -1.97. The van der Waals surface area contributed by atoms with E-state index in [2.05, 4.69) is 15.5 Å². The number of hydrogen-bond donors (Lipinski definition) is 3. The Hall–Kier alpha value is -4.23. The monoisotopic (exact) mass is 551 g/mol. The van der Waals surface area contributed by atoms with Crippen LogP contribution >= 0.6 is 23.1 Å². The van der Waals surface area contributed by atoms with Crippen LogP contribution in [-0.2, 0) is 25.8 Å². The number of rotatable bonds is 8. The van der Waals surface area contributed by atoms with Gasteiger partial charge in [-0.25, -0.2) is 14.3 Å². The number of anilines is 1. The van der Waals surface area contributed by atoms with E-state index in [1.54, 1.807) is 11.5 Å². The Balaban J connectivity index is 1.30. The van der Waals surface area contributed by atoms with Gasteiger partial charge in [0.2, 0.25) is 0 Å². The molecule has 194 valence electrons. The number of benzene rings is 1. The molecule has 38 heavy (non-hydrogen) atoms. The number of nitrogens with two attached hydrogens (primary N) is 1. The molecule has 1 aromatic carbocycles. The SMILES string of the molecule is CON=C(C(=O)NC1C(=O)N2C(C(=O)O)=C(C=CC[n+]3ccc4ccccc4c3)SCC12)c1csc(N)n1. The number of fused-ring (bicyclic) bond motifs is 2. The zero-order valence-electron chi connectivity index (χ0n) is 20.1. The van der Waals surface area contributed by atoms with Gasteiger partial charge in [0.15, 0.2) is 29.8 Å². The Morgan fingerprint density at radius 1 is 1.34 bits per heavy atom. The average molecular weight is 552 g/mol. The minimum atomic E-state index is -1.21. The normalized spacial score (nSPS) is 19.4. The summed E-state index contributed by atoms with van der Waals surface area (Å²) < 4.78 is 1.99. The third-order valence-electron chi connectivity index (χ3n) is 6.09. The smallest absolute Gasteiger partial charge is 0.353 e. The van der Waals surface area contributed by atoms with E-state index in [0.29, 0.717) is 17.2 Å². The van der Waals surface area contributed by atoms with Crippen molar-refractivity contribution in [1.82, 2.24) is 15.2 Å². The Morgan fingerprint density at radius 3 is 2.84 bits per heavy atom. The van der Waals surface area contributed by atoms with Gasteiger partial charge in [0.05, 0.1) is 6.04 Å². The summed E-state index contributed by atoms with van der Waals surface area (Å²) in [6.07, 6.45) is 7.55. The van der Waals surface area contributed by atoms with E-state index in [0.717, 1.165) is 22.1 Å². The van der Waals surface area contributed by atoms with Crippen LogP contribution in [0.5, 0.6) is 0 Å². The highest BCUT2D eigenvalue weighted by atomic mass is 32.2. The first-order valence-corrected chi connectivity index (χ1v) is 13.3. The maximum atomic E-state index is 13.0. The van der Waals surface area contributed by atoms with Crippen molar-refractivity contribution in [2.75, 3.05) is 18.6 Å². The molecule has 0 radical (unpaired) electrons. The summed E-state index contributed by atoms with van der Waals surface area (Å²) >= 11 is 2.46. The van der Waals surface area contributed by atoms with E-state index in [4.69, 9.17) is 10.6 Å². The van der Waals surface area contributed by atoms with Crippen LogP contribution in [0, 0.1) is 0 Å². The van der Waals surface area contributed by atoms with Crippen LogP contribution in [0.4, 0.5) is 5.13 Å². The number of carboxylic acid groups (broad SMARTS) is 1. The molecule has 2 aliphatic heterocycles. The number of aromatic nitrogens is 2. The van der Waals surface area contributed by atoms with Gasteiger partial charge in [0, 0.05) is 27.5 Å². The summed E-state index contributed by atoms with van der Waals surface area (Å²) in [5, 5.41) is 20.3. The van der Waals surface area contributed by atoms with E-state index in [9.17, 15) is 19.5 Å². The van der Waals surface area contributed by atoms with Gasteiger partial charge in [-0.1, -0.05) is 23.4 Å². The van der Waals surface area contributed by atoms with E-state index in [1.807, 2.05) is 53.4 Å². The molecule has 0 bridgehead atoms. The van der Waals surface area contributed by atoms with Gasteiger partial charge < -0.3 is 21.0 Å². The summed E-state index contributed by atoms with van der Waals surface area (Å²) in [5.41, 5.74) is 5.65. The fraction of sp³-hybridized carbons (Fsp3) is 0.200. The molecule has 0 spiro atoms. The molecule has 4 N–H and O–H groups in total. The van der Waals surface area contributed by atoms with Crippen molar-refractivity contribution >= 4 is 62.5 Å². The zero-order chi connectivity index (χ0) is 26.8. The van der Waals surface area contributed by atoms with Crippen molar-refractivity contribution in [2.24, 2.45) is 5.16 Å². The first kappa shape index (κ1) is 25.4. The van der Waals surface area contributed by atoms with Crippen LogP contribution in [0.15, 0.2) is 76.0 Å². The number of carboxylic acids is 1. The zero-order valence-corrected chi connectivity index (χ0v) is 21.7. The number of nitrogens with zero attached hydrogens (tertiary/aromatic N) is 4. The third kappa shape index (κ3) is 4.85. The van der Waals surface area contributed by atoms with Gasteiger partial charge in [-0.05, 0) is 23.6 Å². The number of amides is 2. The second-order valence-electron chi connectivity index (χ2n) is 8.42. The molecule has 0 aliphatic carbocycles. The number of nitrogens with one attached hydrogen (secondary N) is 1. The molecule has 5 rings (SSSR count). The lowest BCUT2D eigenvalue weighted by atomic mass is 9.94. The van der Waals surface area contributed by atoms with E-state index in [-0.39, 0.29) is 22.2 Å². The number of aliphatic carboxylic acids is 1. The summed E-state index contributed by atoms with van der Waals surface area (Å²) in [6.45, 7) is 0.528. The Kier molecular flexibility index (Phi) is 7.11. The molecular formula is C25H23N6O5S2+. The number of thiazole rings is 1. The molecule has 1 fully saturated rings. The quantitative estimate of drug-likeness (QED) is 0.165. The Bertz CT molecular complexity index is 1530. The fourth-order valence-electron chi connectivity index (χ4n) is 4.32. The number of thioether (sulfide) groups is 1. The van der Waals surface area contributed by atoms with Crippen molar-refractivity contribution in [1.29, 1.82) is 0 Å². The first-order chi connectivity index (χ1) is 18.4. The lowest BCUT2D eigenvalue weighted by Gasteiger charge is -2.49. The third-order valence-corrected chi connectivity index (χ3v) is 7.91. The predicted octanol–water partition coefficient (Wildman–Crippen LogP) is 1.51. The molecule has 1 saturated heterocycles. The number of hydrogen-bond acceptors (Lipinski definition) is 9. The highest BCUT2D eigenvalue weighted by Crippen LogP contribution is 2.39. The molecule has 13 heteroatoms. The molecule has 2 atom stereocenters. The summed E-state index contributed by atoms with van der Waals surface area (Å²) in [7, 11) is 1.29. The van der Waals surface area contributed by atoms with Crippen molar-refractivity contribution in [3.63, 3.8) is 0 Å². The van der Waals surface area contributed by atoms with Crippen molar-refractivity contribution in [3.05, 3.63) is 76.6 Å². The van der Waals surface area contributed by atoms with Gasteiger partial charge in [0.25, 0.3) is 11.8 Å². The largest absolute Gasteiger partial charge is 0.477 e. The Morgan fingerprint density at radius 2 is 2.13 bits per heavy atom. The second-order valence-corrected chi connectivity index (χ2v) is 10.4. The van der Waals surface area contributed by atoms with Crippen LogP contribution in [0.3, 0.4) is 0 Å². The highest BCUT2D eigenvalue weighted by Gasteiger charge is 2.54. The van der Waals surface area contributed by atoms with E-state index in [1.165, 1.54) is 23.8 Å². The number of carbonyl (C=O) groups excluding carboxylic acids is 2. The molecule has 2 aliphatic rings. The maximum absolute atomic E-state index is 13.0. The van der Waals surface area contributed by atoms with Crippen molar-refractivity contribution in [3.8, 4) is 0 Å². The van der Waals surface area contributed by atoms with Crippen LogP contribution in [0.1, 0.15) is 5.69 Å². The number of nitrogen functional groups attached to an aromatic ring is 1. The van der Waals surface area contributed by atoms with Gasteiger partial charge in [-0.2, -0.15) is 0 Å². The molecule has 2 amide bonds. The molecule has 2 unspecified atom stereocenters. The maximum Gasteiger partial charge on any atom is 0.353 e. The molecule has 2 aromatic heterocycles. The Labute approximate surface area is 225 Å². The topological polar surface area (TPSA) is 151 Å². The van der Waals surface area contributed by atoms with Gasteiger partial charge in [-0.15, -0.1) is 23.1 Å². The number of carbonyl (C=O) groups is 3. The fourth-order valence-corrected chi connectivity index (χ4v) is 6.08. The molecular weight excluding hydrogens is 528 g/mol. The van der Waals surface area contributed by atoms with Crippen LogP contribution < -0.4 is 15.6 Å². The molecule has 4 heterocycles. The van der Waals surface area contributed by atoms with Gasteiger partial charge in [-0.3, -0.25) is 14.5 Å². The summed E-state index contributed by atoms with van der Waals surface area (Å²) in [4.78, 5) is 48.6. The summed E-state index contributed by atoms with van der Waals surface area (Å²) in [6, 6.07) is 8.62. The highest BCUT2D eigenvalue weighted by molar-refractivity contribution is 8.03. The van der Waals surface area contributed by atoms with Crippen molar-refractivity contribution < 1.29 is 28.9 Å². The number of allylic oxidation sites excluding steroid dienone is 2. The average Bonchev–Trinajstić information content (AvgIpc) is 3.35. The van der Waals surface area contributed by atoms with Crippen LogP contribution in [0.2, 0.25) is 0 Å². The second kappa shape index (κ2) is 10.6. The first-order valence-electron chi connectivity index (χ1n) is 11.5. The number of pyridine rings is 1. The van der Waals surface area contributed by atoms with Crippen LogP contribution in [0.25, 0.3) is 10.8 Å². The van der Waals surface area contributed by atoms with Gasteiger partial charge >= 0.3 is 5.97 Å². The van der Waals surface area contributed by atoms with E-state index >= 15 is 0 Å². The lowest BCUT2D eigenvalue weighted by molar-refractivity contribution is -0.685. The molecule has 0 saturated carbocycles.